The quantitative estimate of drug-likeness (QED) is 0.834. The van der Waals surface area contributed by atoms with E-state index in [1.165, 1.54) is 6.92 Å². The lowest BCUT2D eigenvalue weighted by atomic mass is 10.1. The fraction of sp³-hybridized carbons (Fsp3) is 0.263. The summed E-state index contributed by atoms with van der Waals surface area (Å²) in [6.45, 7) is 6.81. The highest BCUT2D eigenvalue weighted by Crippen LogP contribution is 2.25. The second kappa shape index (κ2) is 8.03. The van der Waals surface area contributed by atoms with Crippen LogP contribution in [0.4, 0.5) is 11.4 Å². The van der Waals surface area contributed by atoms with E-state index < -0.39 is 6.10 Å². The van der Waals surface area contributed by atoms with Gasteiger partial charge in [-0.3, -0.25) is 9.59 Å². The van der Waals surface area contributed by atoms with Gasteiger partial charge in [-0.05, 0) is 62.2 Å². The molecule has 0 aliphatic rings. The molecule has 0 radical (unpaired) electrons. The van der Waals surface area contributed by atoms with E-state index in [4.69, 9.17) is 16.3 Å². The Morgan fingerprint density at radius 2 is 1.72 bits per heavy atom. The van der Waals surface area contributed by atoms with Gasteiger partial charge in [-0.25, -0.2) is 0 Å². The van der Waals surface area contributed by atoms with Crippen LogP contribution in [0.25, 0.3) is 0 Å². The number of anilines is 2. The average Bonchev–Trinajstić information content (AvgIpc) is 2.53. The Balaban J connectivity index is 2.09. The van der Waals surface area contributed by atoms with E-state index in [-0.39, 0.29) is 11.8 Å². The van der Waals surface area contributed by atoms with Gasteiger partial charge in [-0.1, -0.05) is 17.7 Å². The predicted octanol–water partition coefficient (Wildman–Crippen LogP) is 4.32. The zero-order valence-electron chi connectivity index (χ0n) is 14.6. The molecule has 0 heterocycles. The second-order valence-electron chi connectivity index (χ2n) is 5.82. The van der Waals surface area contributed by atoms with E-state index >= 15 is 0 Å². The third-order valence-electron chi connectivity index (χ3n) is 3.71. The minimum absolute atomic E-state index is 0.165. The molecule has 2 aromatic rings. The van der Waals surface area contributed by atoms with Crippen molar-refractivity contribution in [1.29, 1.82) is 0 Å². The summed E-state index contributed by atoms with van der Waals surface area (Å²) in [6.07, 6.45) is -0.691. The van der Waals surface area contributed by atoms with Crippen molar-refractivity contribution < 1.29 is 14.3 Å². The summed E-state index contributed by atoms with van der Waals surface area (Å²) in [6, 6.07) is 10.6. The van der Waals surface area contributed by atoms with Gasteiger partial charge in [-0.15, -0.1) is 0 Å². The predicted molar refractivity (Wildman–Crippen MR) is 100 cm³/mol. The Labute approximate surface area is 152 Å². The smallest absolute Gasteiger partial charge is 0.265 e. The number of rotatable bonds is 5. The van der Waals surface area contributed by atoms with Crippen LogP contribution >= 0.6 is 11.6 Å². The molecule has 2 amide bonds. The van der Waals surface area contributed by atoms with Gasteiger partial charge >= 0.3 is 0 Å². The lowest BCUT2D eigenvalue weighted by Crippen LogP contribution is -2.30. The molecule has 0 aliphatic heterocycles. The maximum atomic E-state index is 12.4. The topological polar surface area (TPSA) is 67.4 Å². The van der Waals surface area contributed by atoms with Crippen molar-refractivity contribution in [1.82, 2.24) is 0 Å². The van der Waals surface area contributed by atoms with Crippen molar-refractivity contribution in [3.05, 3.63) is 52.5 Å². The van der Waals surface area contributed by atoms with Crippen molar-refractivity contribution in [2.24, 2.45) is 0 Å². The molecule has 0 aromatic heterocycles. The molecule has 132 valence electrons. The van der Waals surface area contributed by atoms with Gasteiger partial charge in [0.25, 0.3) is 5.91 Å². The van der Waals surface area contributed by atoms with Crippen molar-refractivity contribution in [3.63, 3.8) is 0 Å². The first-order valence-electron chi connectivity index (χ1n) is 7.89. The van der Waals surface area contributed by atoms with Crippen LogP contribution in [-0.2, 0) is 9.59 Å². The molecule has 6 heteroatoms. The Morgan fingerprint density at radius 3 is 2.32 bits per heavy atom. The molecule has 0 saturated carbocycles. The van der Waals surface area contributed by atoms with E-state index in [1.807, 2.05) is 13.8 Å². The van der Waals surface area contributed by atoms with E-state index in [0.29, 0.717) is 22.1 Å². The maximum absolute atomic E-state index is 12.4. The highest BCUT2D eigenvalue weighted by Gasteiger charge is 2.17. The number of hydrogen-bond donors (Lipinski definition) is 2. The largest absolute Gasteiger partial charge is 0.481 e. The standard InChI is InChI=1S/C19H21ClN2O3/c1-11-10-15(20)8-9-18(11)25-13(3)19(24)22-17-7-5-6-16(12(17)2)21-14(4)23/h5-10,13H,1-4H3,(H,21,23)(H,22,24). The summed E-state index contributed by atoms with van der Waals surface area (Å²) >= 11 is 5.93. The molecule has 25 heavy (non-hydrogen) atoms. The molecule has 2 aromatic carbocycles. The minimum Gasteiger partial charge on any atom is -0.481 e. The van der Waals surface area contributed by atoms with E-state index in [9.17, 15) is 9.59 Å². The first-order valence-corrected chi connectivity index (χ1v) is 8.26. The minimum atomic E-state index is -0.691. The number of hydrogen-bond acceptors (Lipinski definition) is 3. The number of carbonyl (C=O) groups excluding carboxylic acids is 2. The Hall–Kier alpha value is -2.53. The SMILES string of the molecule is CC(=O)Nc1cccc(NC(=O)C(C)Oc2ccc(Cl)cc2C)c1C. The summed E-state index contributed by atoms with van der Waals surface area (Å²) < 4.78 is 5.73. The van der Waals surface area contributed by atoms with Crippen LogP contribution in [0.5, 0.6) is 5.75 Å². The summed E-state index contributed by atoms with van der Waals surface area (Å²) in [5.41, 5.74) is 2.92. The van der Waals surface area contributed by atoms with Crippen molar-refractivity contribution in [2.75, 3.05) is 10.6 Å². The molecule has 1 atom stereocenters. The van der Waals surface area contributed by atoms with Gasteiger partial charge in [0.05, 0.1) is 0 Å². The van der Waals surface area contributed by atoms with Gasteiger partial charge in [0.15, 0.2) is 6.10 Å². The van der Waals surface area contributed by atoms with Crippen LogP contribution < -0.4 is 15.4 Å². The Kier molecular flexibility index (Phi) is 6.04. The van der Waals surface area contributed by atoms with Gasteiger partial charge in [0, 0.05) is 23.3 Å². The molecule has 0 spiro atoms. The van der Waals surface area contributed by atoms with Crippen LogP contribution in [0.1, 0.15) is 25.0 Å². The Morgan fingerprint density at radius 1 is 1.08 bits per heavy atom. The van der Waals surface area contributed by atoms with Gasteiger partial charge in [0.2, 0.25) is 5.91 Å². The highest BCUT2D eigenvalue weighted by atomic mass is 35.5. The number of amides is 2. The molecule has 5 nitrogen and oxygen atoms in total. The molecule has 0 fully saturated rings. The molecular formula is C19H21ClN2O3. The van der Waals surface area contributed by atoms with Crippen LogP contribution in [0, 0.1) is 13.8 Å². The fourth-order valence-corrected chi connectivity index (χ4v) is 2.55. The van der Waals surface area contributed by atoms with E-state index in [1.54, 1.807) is 43.3 Å². The zero-order valence-corrected chi connectivity index (χ0v) is 15.4. The monoisotopic (exact) mass is 360 g/mol. The second-order valence-corrected chi connectivity index (χ2v) is 6.25. The van der Waals surface area contributed by atoms with Crippen molar-refractivity contribution >= 4 is 34.8 Å². The maximum Gasteiger partial charge on any atom is 0.265 e. The van der Waals surface area contributed by atoms with E-state index in [0.717, 1.165) is 11.1 Å². The van der Waals surface area contributed by atoms with Crippen LogP contribution in [-0.4, -0.2) is 17.9 Å². The number of carbonyl (C=O) groups is 2. The molecule has 2 N–H and O–H groups in total. The summed E-state index contributed by atoms with van der Waals surface area (Å²) in [5, 5.41) is 6.19. The third kappa shape index (κ3) is 4.97. The van der Waals surface area contributed by atoms with Crippen molar-refractivity contribution in [2.45, 2.75) is 33.8 Å². The molecule has 0 aliphatic carbocycles. The van der Waals surface area contributed by atoms with Crippen LogP contribution in [0.2, 0.25) is 5.02 Å². The third-order valence-corrected chi connectivity index (χ3v) is 3.95. The normalized spacial score (nSPS) is 11.6. The number of nitrogens with one attached hydrogen (secondary N) is 2. The lowest BCUT2D eigenvalue weighted by Gasteiger charge is -2.18. The molecule has 0 bridgehead atoms. The van der Waals surface area contributed by atoms with Crippen molar-refractivity contribution in [3.8, 4) is 5.75 Å². The highest BCUT2D eigenvalue weighted by molar-refractivity contribution is 6.30. The average molecular weight is 361 g/mol. The number of ether oxygens (including phenoxy) is 1. The zero-order chi connectivity index (χ0) is 18.6. The fourth-order valence-electron chi connectivity index (χ4n) is 2.32. The summed E-state index contributed by atoms with van der Waals surface area (Å²) in [4.78, 5) is 23.7. The first-order chi connectivity index (χ1) is 11.8. The summed E-state index contributed by atoms with van der Waals surface area (Å²) in [5.74, 6) is 0.162. The Bertz CT molecular complexity index is 805. The van der Waals surface area contributed by atoms with Gasteiger partial charge in [0.1, 0.15) is 5.75 Å². The molecule has 0 saturated heterocycles. The van der Waals surface area contributed by atoms with Gasteiger partial charge < -0.3 is 15.4 Å². The molecule has 2 rings (SSSR count). The van der Waals surface area contributed by atoms with E-state index in [2.05, 4.69) is 10.6 Å². The first kappa shape index (κ1) is 18.8. The molecule has 1 unspecified atom stereocenters. The van der Waals surface area contributed by atoms with Crippen LogP contribution in [0.3, 0.4) is 0 Å². The van der Waals surface area contributed by atoms with Crippen LogP contribution in [0.15, 0.2) is 36.4 Å². The van der Waals surface area contributed by atoms with Gasteiger partial charge in [-0.2, -0.15) is 0 Å². The number of aryl methyl sites for hydroxylation is 1. The lowest BCUT2D eigenvalue weighted by molar-refractivity contribution is -0.122. The summed E-state index contributed by atoms with van der Waals surface area (Å²) in [7, 11) is 0. The molecular weight excluding hydrogens is 340 g/mol. The number of halogens is 1. The number of benzene rings is 2.